The smallest absolute Gasteiger partial charge is 0.127 e. The summed E-state index contributed by atoms with van der Waals surface area (Å²) in [6.07, 6.45) is 0. The van der Waals surface area contributed by atoms with Gasteiger partial charge in [-0.05, 0) is 18.2 Å². The molecule has 0 heterocycles. The van der Waals surface area contributed by atoms with Crippen LogP contribution in [-0.4, -0.2) is 20.3 Å². The first-order valence-corrected chi connectivity index (χ1v) is 3.43. The minimum atomic E-state index is 0.560. The summed E-state index contributed by atoms with van der Waals surface area (Å²) in [4.78, 5) is 0. The molecule has 0 aromatic heterocycles. The molecular formula is C9H10O2. The molecule has 11 heavy (non-hydrogen) atoms. The van der Waals surface area contributed by atoms with E-state index in [0.717, 1.165) is 0 Å². The maximum absolute atomic E-state index is 5.23. The minimum Gasteiger partial charge on any atom is -0.491 e. The van der Waals surface area contributed by atoms with Crippen molar-refractivity contribution in [3.8, 4) is 5.75 Å². The number of hydrogen-bond donors (Lipinski definition) is 0. The van der Waals surface area contributed by atoms with Gasteiger partial charge < -0.3 is 9.47 Å². The summed E-state index contributed by atoms with van der Waals surface area (Å²) in [7, 11) is 1.64. The molecule has 2 nitrogen and oxygen atoms in total. The van der Waals surface area contributed by atoms with Crippen LogP contribution < -0.4 is 4.74 Å². The fourth-order valence-electron chi connectivity index (χ4n) is 0.656. The summed E-state index contributed by atoms with van der Waals surface area (Å²) in [6, 6.07) is 11.1. The van der Waals surface area contributed by atoms with Gasteiger partial charge in [0.2, 0.25) is 0 Å². The van der Waals surface area contributed by atoms with Gasteiger partial charge in [0, 0.05) is 13.2 Å². The summed E-state index contributed by atoms with van der Waals surface area (Å²) in [6.45, 7) is 1.16. The molecule has 0 aliphatic carbocycles. The van der Waals surface area contributed by atoms with Crippen molar-refractivity contribution in [2.24, 2.45) is 0 Å². The zero-order chi connectivity index (χ0) is 7.94. The molecule has 0 amide bonds. The Balaban J connectivity index is 2.28. The van der Waals surface area contributed by atoms with Gasteiger partial charge >= 0.3 is 0 Å². The van der Waals surface area contributed by atoms with Crippen molar-refractivity contribution in [3.63, 3.8) is 0 Å². The van der Waals surface area contributed by atoms with E-state index in [4.69, 9.17) is 9.47 Å². The predicted molar refractivity (Wildman–Crippen MR) is 41.5 cm³/mol. The van der Waals surface area contributed by atoms with Crippen LogP contribution >= 0.6 is 0 Å². The maximum Gasteiger partial charge on any atom is 0.127 e. The van der Waals surface area contributed by atoms with Gasteiger partial charge in [-0.15, -0.1) is 0 Å². The average Bonchev–Trinajstić information content (AvgIpc) is 2.07. The van der Waals surface area contributed by atoms with E-state index in [2.05, 4.69) is 12.1 Å². The van der Waals surface area contributed by atoms with Gasteiger partial charge in [0.25, 0.3) is 0 Å². The lowest BCUT2D eigenvalue weighted by atomic mass is 10.3. The topological polar surface area (TPSA) is 18.5 Å². The molecule has 0 saturated heterocycles. The van der Waals surface area contributed by atoms with Crippen LogP contribution in [0.4, 0.5) is 0 Å². The highest BCUT2D eigenvalue weighted by Crippen LogP contribution is 2.05. The van der Waals surface area contributed by atoms with Crippen LogP contribution in [-0.2, 0) is 4.74 Å². The van der Waals surface area contributed by atoms with Crippen molar-refractivity contribution in [2.75, 3.05) is 20.3 Å². The van der Waals surface area contributed by atoms with Gasteiger partial charge in [0.1, 0.15) is 12.4 Å². The normalized spacial score (nSPS) is 9.55. The SMILES string of the molecule is COCCOc1[c]cc[c]c1. The van der Waals surface area contributed by atoms with Gasteiger partial charge in [-0.25, -0.2) is 0 Å². The summed E-state index contributed by atoms with van der Waals surface area (Å²) in [5.74, 6) is 0.713. The maximum atomic E-state index is 5.23. The van der Waals surface area contributed by atoms with Gasteiger partial charge in [0.15, 0.2) is 0 Å². The van der Waals surface area contributed by atoms with Crippen molar-refractivity contribution in [2.45, 2.75) is 0 Å². The number of benzene rings is 1. The first-order valence-electron chi connectivity index (χ1n) is 3.43. The molecule has 0 spiro atoms. The molecule has 2 heteroatoms. The molecule has 0 saturated carbocycles. The zero-order valence-electron chi connectivity index (χ0n) is 6.46. The Morgan fingerprint density at radius 2 is 2.27 bits per heavy atom. The zero-order valence-corrected chi connectivity index (χ0v) is 6.46. The van der Waals surface area contributed by atoms with E-state index >= 15 is 0 Å². The Morgan fingerprint density at radius 3 is 2.91 bits per heavy atom. The second kappa shape index (κ2) is 4.74. The lowest BCUT2D eigenvalue weighted by Gasteiger charge is -2.02. The van der Waals surface area contributed by atoms with Crippen molar-refractivity contribution in [1.29, 1.82) is 0 Å². The van der Waals surface area contributed by atoms with Gasteiger partial charge in [-0.3, -0.25) is 0 Å². The fourth-order valence-corrected chi connectivity index (χ4v) is 0.656. The minimum absolute atomic E-state index is 0.560. The summed E-state index contributed by atoms with van der Waals surface area (Å²) in [5, 5.41) is 0. The molecular weight excluding hydrogens is 140 g/mol. The third kappa shape index (κ3) is 3.05. The first kappa shape index (κ1) is 8.08. The highest BCUT2D eigenvalue weighted by molar-refractivity contribution is 5.18. The third-order valence-corrected chi connectivity index (χ3v) is 1.16. The third-order valence-electron chi connectivity index (χ3n) is 1.16. The molecule has 0 fully saturated rings. The van der Waals surface area contributed by atoms with E-state index in [-0.39, 0.29) is 0 Å². The van der Waals surface area contributed by atoms with Crippen molar-refractivity contribution >= 4 is 0 Å². The van der Waals surface area contributed by atoms with E-state index in [1.54, 1.807) is 25.3 Å². The number of methoxy groups -OCH3 is 1. The fraction of sp³-hybridized carbons (Fsp3) is 0.333. The molecule has 0 unspecified atom stereocenters. The van der Waals surface area contributed by atoms with E-state index < -0.39 is 0 Å². The van der Waals surface area contributed by atoms with Crippen molar-refractivity contribution < 1.29 is 9.47 Å². The van der Waals surface area contributed by atoms with Crippen LogP contribution in [0.25, 0.3) is 0 Å². The van der Waals surface area contributed by atoms with Crippen LogP contribution in [0.1, 0.15) is 0 Å². The quantitative estimate of drug-likeness (QED) is 0.602. The van der Waals surface area contributed by atoms with E-state index in [1.165, 1.54) is 0 Å². The van der Waals surface area contributed by atoms with Gasteiger partial charge in [0.05, 0.1) is 6.61 Å². The highest BCUT2D eigenvalue weighted by atomic mass is 16.5. The monoisotopic (exact) mass is 150 g/mol. The van der Waals surface area contributed by atoms with E-state index in [9.17, 15) is 0 Å². The molecule has 58 valence electrons. The molecule has 0 aliphatic rings. The second-order valence-corrected chi connectivity index (χ2v) is 1.99. The van der Waals surface area contributed by atoms with E-state index in [1.807, 2.05) is 0 Å². The van der Waals surface area contributed by atoms with Crippen LogP contribution in [0.15, 0.2) is 18.2 Å². The van der Waals surface area contributed by atoms with Crippen LogP contribution in [0.2, 0.25) is 0 Å². The molecule has 1 aromatic rings. The van der Waals surface area contributed by atoms with Gasteiger partial charge in [-0.1, -0.05) is 6.07 Å². The number of rotatable bonds is 4. The molecule has 2 radical (unpaired) electrons. The van der Waals surface area contributed by atoms with Crippen LogP contribution in [0, 0.1) is 12.1 Å². The Labute approximate surface area is 66.8 Å². The molecule has 1 aromatic carbocycles. The van der Waals surface area contributed by atoms with Gasteiger partial charge in [-0.2, -0.15) is 0 Å². The number of ether oxygens (including phenoxy) is 2. The summed E-state index contributed by atoms with van der Waals surface area (Å²) < 4.78 is 10.0. The molecule has 0 N–H and O–H groups in total. The Bertz CT molecular complexity index is 184. The molecule has 0 atom stereocenters. The van der Waals surface area contributed by atoms with Crippen molar-refractivity contribution in [1.82, 2.24) is 0 Å². The van der Waals surface area contributed by atoms with E-state index in [0.29, 0.717) is 19.0 Å². The Morgan fingerprint density at radius 1 is 1.36 bits per heavy atom. The largest absolute Gasteiger partial charge is 0.491 e. The number of hydrogen-bond acceptors (Lipinski definition) is 2. The lowest BCUT2D eigenvalue weighted by Crippen LogP contribution is -2.03. The first-order chi connectivity index (χ1) is 5.43. The summed E-state index contributed by atoms with van der Waals surface area (Å²) >= 11 is 0. The average molecular weight is 150 g/mol. The lowest BCUT2D eigenvalue weighted by molar-refractivity contribution is 0.146. The van der Waals surface area contributed by atoms with Crippen LogP contribution in [0.5, 0.6) is 5.75 Å². The highest BCUT2D eigenvalue weighted by Gasteiger charge is 1.89. The summed E-state index contributed by atoms with van der Waals surface area (Å²) in [5.41, 5.74) is 0. The predicted octanol–water partition coefficient (Wildman–Crippen LogP) is 1.31. The van der Waals surface area contributed by atoms with Crippen LogP contribution in [0.3, 0.4) is 0 Å². The Kier molecular flexibility index (Phi) is 3.48. The standard InChI is InChI=1S/C9H10O2/c1-10-7-8-11-9-5-3-2-4-6-9/h2-3,6H,7-8H2,1H3. The second-order valence-electron chi connectivity index (χ2n) is 1.99. The van der Waals surface area contributed by atoms with Crippen molar-refractivity contribution in [3.05, 3.63) is 30.3 Å². The Hall–Kier alpha value is -1.02. The molecule has 1 rings (SSSR count). The molecule has 0 bridgehead atoms. The molecule has 0 aliphatic heterocycles.